The zero-order chi connectivity index (χ0) is 20.4. The van der Waals surface area contributed by atoms with Gasteiger partial charge in [0.25, 0.3) is 0 Å². The summed E-state index contributed by atoms with van der Waals surface area (Å²) in [5.74, 6) is -0.0344. The zero-order valence-corrected chi connectivity index (χ0v) is 17.8. The molecule has 0 unspecified atom stereocenters. The topological polar surface area (TPSA) is 58.6 Å². The van der Waals surface area contributed by atoms with Crippen LogP contribution in [0.25, 0.3) is 0 Å². The monoisotopic (exact) mass is 394 g/mol. The van der Waals surface area contributed by atoms with Crippen LogP contribution in [-0.4, -0.2) is 41.6 Å². The normalized spacial score (nSPS) is 22.6. The molecule has 150 valence electrons. The van der Waals surface area contributed by atoms with Gasteiger partial charge < -0.3 is 15.0 Å². The molecule has 2 amide bonds. The lowest BCUT2D eigenvalue weighted by molar-refractivity contribution is -0.136. The lowest BCUT2D eigenvalue weighted by Gasteiger charge is -2.28. The summed E-state index contributed by atoms with van der Waals surface area (Å²) in [5.41, 5.74) is 0.522. The Morgan fingerprint density at radius 1 is 1.19 bits per heavy atom. The van der Waals surface area contributed by atoms with E-state index in [9.17, 15) is 9.59 Å². The fourth-order valence-electron chi connectivity index (χ4n) is 3.50. The number of benzene rings is 1. The Labute approximate surface area is 167 Å². The standard InChI is InChI=1S/C21H31ClN2O3/c1-13(2)24(6)19(25)18-12-16(23-20(26)27-21(3,4)5)11-17(18)14-7-9-15(22)10-8-14/h7-10,13,16-18H,11-12H2,1-6H3,(H,23,26)/t16-,17+,18-/m1/s1. The molecule has 0 heterocycles. The Kier molecular flexibility index (Phi) is 6.79. The maximum atomic E-state index is 13.1. The van der Waals surface area contributed by atoms with Gasteiger partial charge in [0.2, 0.25) is 5.91 Å². The molecule has 1 aliphatic carbocycles. The van der Waals surface area contributed by atoms with Crippen LogP contribution in [0.3, 0.4) is 0 Å². The second-order valence-corrected chi connectivity index (χ2v) is 9.06. The smallest absolute Gasteiger partial charge is 0.407 e. The number of hydrogen-bond acceptors (Lipinski definition) is 3. The number of ether oxygens (including phenoxy) is 1. The molecule has 3 atom stereocenters. The fourth-order valence-corrected chi connectivity index (χ4v) is 3.62. The molecule has 5 nitrogen and oxygen atoms in total. The summed E-state index contributed by atoms with van der Waals surface area (Å²) in [7, 11) is 1.83. The Morgan fingerprint density at radius 2 is 1.78 bits per heavy atom. The maximum Gasteiger partial charge on any atom is 0.407 e. The van der Waals surface area contributed by atoms with Gasteiger partial charge in [-0.3, -0.25) is 4.79 Å². The molecule has 0 bridgehead atoms. The van der Waals surface area contributed by atoms with Gasteiger partial charge in [0, 0.05) is 30.1 Å². The molecule has 1 aliphatic rings. The number of carbonyl (C=O) groups is 2. The van der Waals surface area contributed by atoms with Gasteiger partial charge in [-0.1, -0.05) is 23.7 Å². The van der Waals surface area contributed by atoms with Crippen LogP contribution >= 0.6 is 11.6 Å². The van der Waals surface area contributed by atoms with Crippen LogP contribution in [0.2, 0.25) is 5.02 Å². The number of halogens is 1. The van der Waals surface area contributed by atoms with Crippen LogP contribution in [0.1, 0.15) is 58.9 Å². The van der Waals surface area contributed by atoms with Crippen molar-refractivity contribution in [3.8, 4) is 0 Å². The maximum absolute atomic E-state index is 13.1. The first-order valence-electron chi connectivity index (χ1n) is 9.49. The minimum atomic E-state index is -0.550. The molecule has 27 heavy (non-hydrogen) atoms. The summed E-state index contributed by atoms with van der Waals surface area (Å²) in [5, 5.41) is 3.61. The lowest BCUT2D eigenvalue weighted by atomic mass is 9.88. The summed E-state index contributed by atoms with van der Waals surface area (Å²) in [6, 6.07) is 7.66. The van der Waals surface area contributed by atoms with Gasteiger partial charge in [-0.05, 0) is 71.1 Å². The summed E-state index contributed by atoms with van der Waals surface area (Å²) in [6.45, 7) is 9.51. The fraction of sp³-hybridized carbons (Fsp3) is 0.619. The number of alkyl carbamates (subject to hydrolysis) is 1. The van der Waals surface area contributed by atoms with Crippen LogP contribution in [0, 0.1) is 5.92 Å². The minimum absolute atomic E-state index is 0.0379. The van der Waals surface area contributed by atoms with Gasteiger partial charge in [0.1, 0.15) is 5.60 Å². The molecule has 6 heteroatoms. The van der Waals surface area contributed by atoms with Gasteiger partial charge in [0.15, 0.2) is 0 Å². The number of amides is 2. The van der Waals surface area contributed by atoms with Crippen molar-refractivity contribution in [3.05, 3.63) is 34.9 Å². The summed E-state index contributed by atoms with van der Waals surface area (Å²) in [4.78, 5) is 27.0. The molecule has 0 aromatic heterocycles. The molecule has 1 saturated carbocycles. The highest BCUT2D eigenvalue weighted by atomic mass is 35.5. The number of carbonyl (C=O) groups excluding carboxylic acids is 2. The van der Waals surface area contributed by atoms with E-state index in [0.717, 1.165) is 5.56 Å². The third-order valence-electron chi connectivity index (χ3n) is 5.02. The minimum Gasteiger partial charge on any atom is -0.444 e. The summed E-state index contributed by atoms with van der Waals surface area (Å²) < 4.78 is 5.37. The van der Waals surface area contributed by atoms with E-state index in [4.69, 9.17) is 16.3 Å². The van der Waals surface area contributed by atoms with E-state index >= 15 is 0 Å². The van der Waals surface area contributed by atoms with Crippen molar-refractivity contribution in [2.24, 2.45) is 5.92 Å². The molecule has 2 rings (SSSR count). The highest BCUT2D eigenvalue weighted by Crippen LogP contribution is 2.41. The molecule has 0 radical (unpaired) electrons. The Balaban J connectivity index is 2.19. The third kappa shape index (κ3) is 5.86. The van der Waals surface area contributed by atoms with E-state index in [1.54, 1.807) is 4.90 Å². The predicted molar refractivity (Wildman–Crippen MR) is 108 cm³/mol. The molecule has 1 aromatic rings. The number of nitrogens with zero attached hydrogens (tertiary/aromatic N) is 1. The van der Waals surface area contributed by atoms with Crippen LogP contribution in [0.5, 0.6) is 0 Å². The SMILES string of the molecule is CC(C)N(C)C(=O)[C@@H]1C[C@H](NC(=O)OC(C)(C)C)C[C@H]1c1ccc(Cl)cc1. The predicted octanol–water partition coefficient (Wildman–Crippen LogP) is 4.59. The molecule has 1 N–H and O–H groups in total. The Hall–Kier alpha value is -1.75. The van der Waals surface area contributed by atoms with Crippen molar-refractivity contribution < 1.29 is 14.3 Å². The number of rotatable bonds is 4. The molecular formula is C21H31ClN2O3. The second kappa shape index (κ2) is 8.51. The first-order chi connectivity index (χ1) is 12.5. The Bertz CT molecular complexity index is 667. The molecule has 0 spiro atoms. The molecular weight excluding hydrogens is 364 g/mol. The highest BCUT2D eigenvalue weighted by molar-refractivity contribution is 6.30. The quantitative estimate of drug-likeness (QED) is 0.812. The van der Waals surface area contributed by atoms with E-state index < -0.39 is 11.7 Å². The summed E-state index contributed by atoms with van der Waals surface area (Å²) in [6.07, 6.45) is 0.860. The van der Waals surface area contributed by atoms with Crippen LogP contribution < -0.4 is 5.32 Å². The molecule has 1 aromatic carbocycles. The third-order valence-corrected chi connectivity index (χ3v) is 5.27. The van der Waals surface area contributed by atoms with Crippen LogP contribution in [0.4, 0.5) is 4.79 Å². The van der Waals surface area contributed by atoms with Crippen molar-refractivity contribution >= 4 is 23.6 Å². The lowest BCUT2D eigenvalue weighted by Crippen LogP contribution is -2.40. The number of hydrogen-bond donors (Lipinski definition) is 1. The molecule has 1 fully saturated rings. The second-order valence-electron chi connectivity index (χ2n) is 8.62. The van der Waals surface area contributed by atoms with Crippen LogP contribution in [-0.2, 0) is 9.53 Å². The van der Waals surface area contributed by atoms with Gasteiger partial charge in [-0.15, -0.1) is 0 Å². The Morgan fingerprint density at radius 3 is 2.30 bits per heavy atom. The van der Waals surface area contributed by atoms with Crippen molar-refractivity contribution in [3.63, 3.8) is 0 Å². The molecule has 0 aliphatic heterocycles. The van der Waals surface area contributed by atoms with E-state index in [2.05, 4.69) is 5.32 Å². The first kappa shape index (κ1) is 21.5. The van der Waals surface area contributed by atoms with Crippen molar-refractivity contribution in [1.29, 1.82) is 0 Å². The van der Waals surface area contributed by atoms with E-state index in [0.29, 0.717) is 17.9 Å². The van der Waals surface area contributed by atoms with Crippen molar-refractivity contribution in [1.82, 2.24) is 10.2 Å². The highest BCUT2D eigenvalue weighted by Gasteiger charge is 2.42. The zero-order valence-electron chi connectivity index (χ0n) is 17.1. The largest absolute Gasteiger partial charge is 0.444 e. The average molecular weight is 395 g/mol. The first-order valence-corrected chi connectivity index (χ1v) is 9.87. The summed E-state index contributed by atoms with van der Waals surface area (Å²) >= 11 is 6.02. The van der Waals surface area contributed by atoms with Crippen LogP contribution in [0.15, 0.2) is 24.3 Å². The van der Waals surface area contributed by atoms with E-state index in [1.165, 1.54) is 0 Å². The number of nitrogens with one attached hydrogen (secondary N) is 1. The van der Waals surface area contributed by atoms with E-state index in [1.807, 2.05) is 65.9 Å². The average Bonchev–Trinajstić information content (AvgIpc) is 2.95. The van der Waals surface area contributed by atoms with Gasteiger partial charge in [0.05, 0.1) is 0 Å². The van der Waals surface area contributed by atoms with Gasteiger partial charge >= 0.3 is 6.09 Å². The van der Waals surface area contributed by atoms with Gasteiger partial charge in [-0.2, -0.15) is 0 Å². The van der Waals surface area contributed by atoms with Crippen molar-refractivity contribution in [2.45, 2.75) is 71.1 Å². The van der Waals surface area contributed by atoms with Crippen molar-refractivity contribution in [2.75, 3.05) is 7.05 Å². The molecule has 0 saturated heterocycles. The van der Waals surface area contributed by atoms with E-state index in [-0.39, 0.29) is 29.8 Å². The van der Waals surface area contributed by atoms with Gasteiger partial charge in [-0.25, -0.2) is 4.79 Å².